The molecule has 0 saturated carbocycles. The molecule has 0 spiro atoms. The first-order chi connectivity index (χ1) is 7.11. The minimum Gasteiger partial charge on any atom is -0.344 e. The van der Waals surface area contributed by atoms with Gasteiger partial charge in [-0.25, -0.2) is 0 Å². The van der Waals surface area contributed by atoms with Gasteiger partial charge < -0.3 is 15.5 Å². The molecule has 0 fully saturated rings. The van der Waals surface area contributed by atoms with Crippen LogP contribution in [0.4, 0.5) is 0 Å². The van der Waals surface area contributed by atoms with Crippen molar-refractivity contribution in [3.05, 3.63) is 0 Å². The quantitative estimate of drug-likeness (QED) is 0.567. The minimum absolute atomic E-state index is 0.0490. The molecule has 0 aromatic rings. The van der Waals surface area contributed by atoms with E-state index in [1.807, 2.05) is 14.0 Å². The number of carbonyl (C=O) groups excluding carboxylic acids is 1. The van der Waals surface area contributed by atoms with E-state index in [1.165, 1.54) is 0 Å². The highest BCUT2D eigenvalue weighted by molar-refractivity contribution is 5.81. The summed E-state index contributed by atoms with van der Waals surface area (Å²) in [7, 11) is 2.05. The van der Waals surface area contributed by atoms with Crippen LogP contribution in [0.1, 0.15) is 13.8 Å². The smallest absolute Gasteiger partial charge is 0.237 e. The summed E-state index contributed by atoms with van der Waals surface area (Å²) in [6.07, 6.45) is 5.04. The first-order valence-corrected chi connectivity index (χ1v) is 5.24. The summed E-state index contributed by atoms with van der Waals surface area (Å²) in [5.74, 6) is 2.32. The van der Waals surface area contributed by atoms with E-state index in [0.29, 0.717) is 6.54 Å². The Kier molecular flexibility index (Phi) is 7.69. The molecule has 1 atom stereocenters. The number of likely N-dealkylation sites (N-methyl/N-ethyl adjacent to an activating group) is 1. The Labute approximate surface area is 92.4 Å². The van der Waals surface area contributed by atoms with Crippen molar-refractivity contribution in [2.45, 2.75) is 19.9 Å². The largest absolute Gasteiger partial charge is 0.344 e. The molecule has 1 amide bonds. The first-order valence-electron chi connectivity index (χ1n) is 5.24. The van der Waals surface area contributed by atoms with Crippen LogP contribution in [-0.2, 0) is 4.79 Å². The zero-order chi connectivity index (χ0) is 11.7. The minimum atomic E-state index is -0.191. The molecular weight excluding hydrogens is 190 g/mol. The van der Waals surface area contributed by atoms with E-state index in [-0.39, 0.29) is 11.9 Å². The fraction of sp³-hybridized carbons (Fsp3) is 0.727. The average molecular weight is 211 g/mol. The van der Waals surface area contributed by atoms with Crippen molar-refractivity contribution in [3.63, 3.8) is 0 Å². The lowest BCUT2D eigenvalue weighted by molar-refractivity contribution is -0.122. The first kappa shape index (κ1) is 13.9. The van der Waals surface area contributed by atoms with Crippen LogP contribution >= 0.6 is 0 Å². The van der Waals surface area contributed by atoms with Gasteiger partial charge in [-0.3, -0.25) is 4.79 Å². The molecule has 0 heterocycles. The summed E-state index contributed by atoms with van der Waals surface area (Å²) in [4.78, 5) is 13.5. The highest BCUT2D eigenvalue weighted by atomic mass is 16.2. The monoisotopic (exact) mass is 211 g/mol. The molecule has 2 N–H and O–H groups in total. The molecule has 4 nitrogen and oxygen atoms in total. The van der Waals surface area contributed by atoms with Crippen molar-refractivity contribution in [2.24, 2.45) is 0 Å². The van der Waals surface area contributed by atoms with Gasteiger partial charge >= 0.3 is 0 Å². The Morgan fingerprint density at radius 1 is 1.60 bits per heavy atom. The van der Waals surface area contributed by atoms with E-state index in [0.717, 1.165) is 19.6 Å². The molecule has 0 radical (unpaired) electrons. The lowest BCUT2D eigenvalue weighted by atomic mass is 10.3. The third-order valence-corrected chi connectivity index (χ3v) is 2.24. The maximum Gasteiger partial charge on any atom is 0.237 e. The van der Waals surface area contributed by atoms with Gasteiger partial charge in [0.05, 0.1) is 12.6 Å². The molecule has 4 heteroatoms. The van der Waals surface area contributed by atoms with E-state index >= 15 is 0 Å². The van der Waals surface area contributed by atoms with Crippen LogP contribution in [0.2, 0.25) is 0 Å². The van der Waals surface area contributed by atoms with Crippen LogP contribution in [0, 0.1) is 12.3 Å². The Balaban J connectivity index is 3.60. The van der Waals surface area contributed by atoms with Crippen LogP contribution in [0.25, 0.3) is 0 Å². The highest BCUT2D eigenvalue weighted by Crippen LogP contribution is 1.83. The van der Waals surface area contributed by atoms with Crippen molar-refractivity contribution in [2.75, 3.05) is 33.2 Å². The topological polar surface area (TPSA) is 44.4 Å². The number of nitrogens with zero attached hydrogens (tertiary/aromatic N) is 1. The predicted molar refractivity (Wildman–Crippen MR) is 62.5 cm³/mol. The van der Waals surface area contributed by atoms with Gasteiger partial charge in [0.1, 0.15) is 0 Å². The zero-order valence-electron chi connectivity index (χ0n) is 9.84. The Morgan fingerprint density at radius 2 is 2.27 bits per heavy atom. The summed E-state index contributed by atoms with van der Waals surface area (Å²) in [5.41, 5.74) is 0. The van der Waals surface area contributed by atoms with Crippen LogP contribution in [0.15, 0.2) is 0 Å². The Hall–Kier alpha value is -1.05. The molecule has 1 unspecified atom stereocenters. The molecule has 0 aliphatic heterocycles. The van der Waals surface area contributed by atoms with E-state index in [9.17, 15) is 4.79 Å². The Morgan fingerprint density at radius 3 is 2.80 bits per heavy atom. The fourth-order valence-corrected chi connectivity index (χ4v) is 1.01. The van der Waals surface area contributed by atoms with E-state index in [1.54, 1.807) is 0 Å². The Bertz CT molecular complexity index is 222. The molecule has 0 rings (SSSR count). The van der Waals surface area contributed by atoms with Gasteiger partial charge in [-0.2, -0.15) is 0 Å². The lowest BCUT2D eigenvalue weighted by Crippen LogP contribution is -2.44. The predicted octanol–water partition coefficient (Wildman–Crippen LogP) is -0.334. The van der Waals surface area contributed by atoms with Gasteiger partial charge in [0.2, 0.25) is 5.91 Å². The molecule has 15 heavy (non-hydrogen) atoms. The fourth-order valence-electron chi connectivity index (χ4n) is 1.01. The molecule has 0 saturated heterocycles. The highest BCUT2D eigenvalue weighted by Gasteiger charge is 2.10. The second-order valence-electron chi connectivity index (χ2n) is 3.49. The van der Waals surface area contributed by atoms with Crippen molar-refractivity contribution >= 4 is 5.91 Å². The van der Waals surface area contributed by atoms with Gasteiger partial charge in [-0.05, 0) is 20.5 Å². The third kappa shape index (κ3) is 6.95. The number of terminal acetylenes is 1. The molecule has 0 aromatic heterocycles. The summed E-state index contributed by atoms with van der Waals surface area (Å²) < 4.78 is 0. The number of hydrogen-bond donors (Lipinski definition) is 2. The van der Waals surface area contributed by atoms with E-state index < -0.39 is 0 Å². The molecule has 0 aromatic carbocycles. The van der Waals surface area contributed by atoms with Crippen molar-refractivity contribution in [1.82, 2.24) is 15.5 Å². The second-order valence-corrected chi connectivity index (χ2v) is 3.49. The van der Waals surface area contributed by atoms with Crippen molar-refractivity contribution < 1.29 is 4.79 Å². The average Bonchev–Trinajstić information content (AvgIpc) is 2.25. The van der Waals surface area contributed by atoms with Crippen molar-refractivity contribution in [3.8, 4) is 12.3 Å². The summed E-state index contributed by atoms with van der Waals surface area (Å²) >= 11 is 0. The van der Waals surface area contributed by atoms with Crippen LogP contribution in [-0.4, -0.2) is 50.1 Å². The van der Waals surface area contributed by atoms with Crippen molar-refractivity contribution in [1.29, 1.82) is 0 Å². The number of rotatable bonds is 7. The normalized spacial score (nSPS) is 12.2. The number of amides is 1. The number of nitrogens with one attached hydrogen (secondary N) is 2. The molecule has 0 aliphatic rings. The van der Waals surface area contributed by atoms with Crippen LogP contribution in [0.5, 0.6) is 0 Å². The molecule has 0 aliphatic carbocycles. The van der Waals surface area contributed by atoms with Crippen LogP contribution < -0.4 is 10.6 Å². The standard InChI is InChI=1S/C11H21N3O/c1-5-7-13-11(15)10(3)12-8-9-14(4)6-2/h1,10,12H,6-9H2,2-4H3,(H,13,15). The second kappa shape index (κ2) is 8.27. The van der Waals surface area contributed by atoms with E-state index in [2.05, 4.69) is 28.4 Å². The van der Waals surface area contributed by atoms with Gasteiger partial charge in [0.25, 0.3) is 0 Å². The number of carbonyl (C=O) groups is 1. The molecule has 0 bridgehead atoms. The summed E-state index contributed by atoms with van der Waals surface area (Å²) in [6.45, 7) is 6.97. The maximum absolute atomic E-state index is 11.4. The third-order valence-electron chi connectivity index (χ3n) is 2.24. The molecular formula is C11H21N3O. The van der Waals surface area contributed by atoms with Gasteiger partial charge in [-0.1, -0.05) is 12.8 Å². The summed E-state index contributed by atoms with van der Waals surface area (Å²) in [5, 5.41) is 5.77. The summed E-state index contributed by atoms with van der Waals surface area (Å²) in [6, 6.07) is -0.191. The SMILES string of the molecule is C#CCNC(=O)C(C)NCCN(C)CC. The van der Waals surface area contributed by atoms with Crippen LogP contribution in [0.3, 0.4) is 0 Å². The lowest BCUT2D eigenvalue weighted by Gasteiger charge is -2.17. The zero-order valence-corrected chi connectivity index (χ0v) is 9.84. The van der Waals surface area contributed by atoms with Gasteiger partial charge in [-0.15, -0.1) is 6.42 Å². The number of hydrogen-bond acceptors (Lipinski definition) is 3. The van der Waals surface area contributed by atoms with Gasteiger partial charge in [0, 0.05) is 13.1 Å². The van der Waals surface area contributed by atoms with Gasteiger partial charge in [0.15, 0.2) is 0 Å². The molecule has 86 valence electrons. The maximum atomic E-state index is 11.4. The van der Waals surface area contributed by atoms with E-state index in [4.69, 9.17) is 6.42 Å².